The van der Waals surface area contributed by atoms with Gasteiger partial charge in [0, 0.05) is 32.2 Å². The number of rotatable bonds is 5. The van der Waals surface area contributed by atoms with E-state index < -0.39 is 0 Å². The molecule has 0 bridgehead atoms. The predicted molar refractivity (Wildman–Crippen MR) is 130 cm³/mol. The molecule has 1 aliphatic heterocycles. The van der Waals surface area contributed by atoms with Crippen LogP contribution in [0.15, 0.2) is 35.3 Å². The van der Waals surface area contributed by atoms with Gasteiger partial charge in [0.05, 0.1) is 0 Å². The quantitative estimate of drug-likeness (QED) is 0.319. The first kappa shape index (κ1) is 23.8. The number of hydrogen-bond donors (Lipinski definition) is 3. The summed E-state index contributed by atoms with van der Waals surface area (Å²) in [6.07, 6.45) is 6.85. The summed E-state index contributed by atoms with van der Waals surface area (Å²) >= 11 is 0. The second kappa shape index (κ2) is 12.2. The Bertz CT molecular complexity index is 638. The largest absolute Gasteiger partial charge is 0.357 e. The summed E-state index contributed by atoms with van der Waals surface area (Å²) < 4.78 is 0. The highest BCUT2D eigenvalue weighted by molar-refractivity contribution is 14.0. The van der Waals surface area contributed by atoms with E-state index in [-0.39, 0.29) is 30.0 Å². The zero-order valence-electron chi connectivity index (χ0n) is 17.5. The van der Waals surface area contributed by atoms with Crippen molar-refractivity contribution in [3.63, 3.8) is 0 Å². The lowest BCUT2D eigenvalue weighted by Crippen LogP contribution is -2.50. The minimum atomic E-state index is -0.315. The van der Waals surface area contributed by atoms with Gasteiger partial charge in [-0.05, 0) is 62.8 Å². The number of halogens is 1. The molecule has 2 aliphatic rings. The summed E-state index contributed by atoms with van der Waals surface area (Å²) in [6, 6.07) is 10.9. The van der Waals surface area contributed by atoms with Crippen LogP contribution in [0.5, 0.6) is 0 Å². The van der Waals surface area contributed by atoms with Gasteiger partial charge in [0.2, 0.25) is 0 Å². The standard InChI is InChI=1S/C22H35N5O.HI/c1-2-24-22(26-20-12-14-27(15-13-20)21(23)28)25-16-17-8-10-19(11-9-17)18-6-4-3-5-7-18;/h3-7,17,19-20H,2,8-16H2,1H3,(H2,23,28)(H2,24,25,26);1H. The summed E-state index contributed by atoms with van der Waals surface area (Å²) in [5, 5.41) is 6.92. The number of benzene rings is 1. The van der Waals surface area contributed by atoms with Crippen molar-refractivity contribution in [3.05, 3.63) is 35.9 Å². The molecule has 7 heteroatoms. The Morgan fingerprint density at radius 3 is 2.34 bits per heavy atom. The molecule has 6 nitrogen and oxygen atoms in total. The summed E-state index contributed by atoms with van der Waals surface area (Å²) in [7, 11) is 0. The highest BCUT2D eigenvalue weighted by Gasteiger charge is 2.23. The average Bonchev–Trinajstić information content (AvgIpc) is 2.73. The van der Waals surface area contributed by atoms with Crippen LogP contribution < -0.4 is 16.4 Å². The van der Waals surface area contributed by atoms with Gasteiger partial charge in [-0.25, -0.2) is 4.79 Å². The first-order chi connectivity index (χ1) is 13.7. The second-order valence-electron chi connectivity index (χ2n) is 8.09. The molecular formula is C22H36IN5O. The molecule has 0 radical (unpaired) electrons. The smallest absolute Gasteiger partial charge is 0.314 e. The van der Waals surface area contributed by atoms with Crippen LogP contribution in [0, 0.1) is 5.92 Å². The predicted octanol–water partition coefficient (Wildman–Crippen LogP) is 3.68. The third-order valence-electron chi connectivity index (χ3n) is 6.12. The number of urea groups is 1. The van der Waals surface area contributed by atoms with E-state index in [0.717, 1.165) is 45.0 Å². The van der Waals surface area contributed by atoms with Crippen molar-refractivity contribution in [2.75, 3.05) is 26.2 Å². The molecule has 1 heterocycles. The maximum absolute atomic E-state index is 11.3. The Balaban J connectivity index is 0.00000300. The lowest BCUT2D eigenvalue weighted by molar-refractivity contribution is 0.188. The molecule has 0 unspecified atom stereocenters. The molecule has 0 spiro atoms. The number of aliphatic imine (C=N–C) groups is 1. The molecule has 162 valence electrons. The number of guanidine groups is 1. The van der Waals surface area contributed by atoms with Crippen molar-refractivity contribution >= 4 is 36.0 Å². The van der Waals surface area contributed by atoms with E-state index in [9.17, 15) is 4.79 Å². The fourth-order valence-electron chi connectivity index (χ4n) is 4.38. The average molecular weight is 513 g/mol. The van der Waals surface area contributed by atoms with Gasteiger partial charge in [-0.3, -0.25) is 4.99 Å². The van der Waals surface area contributed by atoms with E-state index in [4.69, 9.17) is 10.7 Å². The number of amides is 2. The Labute approximate surface area is 192 Å². The number of carbonyl (C=O) groups excluding carboxylic acids is 1. The van der Waals surface area contributed by atoms with Gasteiger partial charge in [-0.1, -0.05) is 30.3 Å². The van der Waals surface area contributed by atoms with Crippen LogP contribution in [0.1, 0.15) is 56.9 Å². The summed E-state index contributed by atoms with van der Waals surface area (Å²) in [6.45, 7) is 5.27. The van der Waals surface area contributed by atoms with Gasteiger partial charge in [0.1, 0.15) is 0 Å². The molecule has 1 aliphatic carbocycles. The second-order valence-corrected chi connectivity index (χ2v) is 8.09. The van der Waals surface area contributed by atoms with Gasteiger partial charge in [0.15, 0.2) is 5.96 Å². The van der Waals surface area contributed by atoms with Crippen LogP contribution in [0.3, 0.4) is 0 Å². The molecule has 3 rings (SSSR count). The number of likely N-dealkylation sites (tertiary alicyclic amines) is 1. The Morgan fingerprint density at radius 2 is 1.76 bits per heavy atom. The molecule has 1 aromatic carbocycles. The van der Waals surface area contributed by atoms with E-state index in [1.807, 2.05) is 0 Å². The monoisotopic (exact) mass is 513 g/mol. The van der Waals surface area contributed by atoms with E-state index in [0.29, 0.717) is 17.9 Å². The van der Waals surface area contributed by atoms with E-state index >= 15 is 0 Å². The van der Waals surface area contributed by atoms with Gasteiger partial charge >= 0.3 is 6.03 Å². The Hall–Kier alpha value is -1.51. The van der Waals surface area contributed by atoms with Crippen LogP contribution >= 0.6 is 24.0 Å². The van der Waals surface area contributed by atoms with Gasteiger partial charge in [-0.2, -0.15) is 0 Å². The fourth-order valence-corrected chi connectivity index (χ4v) is 4.38. The minimum absolute atomic E-state index is 0. The first-order valence-electron chi connectivity index (χ1n) is 10.8. The topological polar surface area (TPSA) is 82.8 Å². The van der Waals surface area contributed by atoms with Crippen molar-refractivity contribution in [3.8, 4) is 0 Å². The van der Waals surface area contributed by atoms with Gasteiger partial charge in [-0.15, -0.1) is 24.0 Å². The van der Waals surface area contributed by atoms with E-state index in [2.05, 4.69) is 47.9 Å². The Kier molecular flexibility index (Phi) is 10.0. The number of piperidine rings is 1. The lowest BCUT2D eigenvalue weighted by atomic mass is 9.79. The zero-order chi connectivity index (χ0) is 19.8. The van der Waals surface area contributed by atoms with Crippen molar-refractivity contribution in [1.82, 2.24) is 15.5 Å². The molecule has 2 fully saturated rings. The van der Waals surface area contributed by atoms with Crippen molar-refractivity contribution in [2.45, 2.75) is 57.4 Å². The van der Waals surface area contributed by atoms with E-state index in [1.54, 1.807) is 4.90 Å². The lowest BCUT2D eigenvalue weighted by Gasteiger charge is -2.32. The minimum Gasteiger partial charge on any atom is -0.357 e. The molecule has 1 saturated carbocycles. The molecular weight excluding hydrogens is 477 g/mol. The zero-order valence-corrected chi connectivity index (χ0v) is 19.8. The van der Waals surface area contributed by atoms with Crippen LogP contribution in [0.25, 0.3) is 0 Å². The van der Waals surface area contributed by atoms with Gasteiger partial charge in [0.25, 0.3) is 0 Å². The SMILES string of the molecule is CCNC(=NCC1CCC(c2ccccc2)CC1)NC1CCN(C(N)=O)CC1.I. The molecule has 2 amide bonds. The normalized spacial score (nSPS) is 23.2. The summed E-state index contributed by atoms with van der Waals surface area (Å²) in [5.41, 5.74) is 6.86. The van der Waals surface area contributed by atoms with Crippen LogP contribution in [0.2, 0.25) is 0 Å². The third-order valence-corrected chi connectivity index (χ3v) is 6.12. The maximum atomic E-state index is 11.3. The van der Waals surface area contributed by atoms with Crippen LogP contribution in [-0.4, -0.2) is 49.1 Å². The van der Waals surface area contributed by atoms with Gasteiger partial charge < -0.3 is 21.3 Å². The number of nitrogens with zero attached hydrogens (tertiary/aromatic N) is 2. The number of nitrogens with two attached hydrogens (primary N) is 1. The van der Waals surface area contributed by atoms with E-state index in [1.165, 1.54) is 31.2 Å². The molecule has 1 saturated heterocycles. The first-order valence-corrected chi connectivity index (χ1v) is 10.8. The molecule has 29 heavy (non-hydrogen) atoms. The van der Waals surface area contributed by atoms with Crippen molar-refractivity contribution in [1.29, 1.82) is 0 Å². The van der Waals surface area contributed by atoms with Crippen LogP contribution in [-0.2, 0) is 0 Å². The van der Waals surface area contributed by atoms with Crippen molar-refractivity contribution in [2.24, 2.45) is 16.6 Å². The highest BCUT2D eigenvalue weighted by Crippen LogP contribution is 2.35. The fraction of sp³-hybridized carbons (Fsp3) is 0.636. The molecule has 4 N–H and O–H groups in total. The number of primary amides is 1. The number of nitrogens with one attached hydrogen (secondary N) is 2. The third kappa shape index (κ3) is 7.35. The van der Waals surface area contributed by atoms with Crippen LogP contribution in [0.4, 0.5) is 4.79 Å². The maximum Gasteiger partial charge on any atom is 0.314 e. The number of carbonyl (C=O) groups is 1. The Morgan fingerprint density at radius 1 is 1.10 bits per heavy atom. The number of hydrogen-bond acceptors (Lipinski definition) is 2. The molecule has 0 aromatic heterocycles. The van der Waals surface area contributed by atoms with Crippen molar-refractivity contribution < 1.29 is 4.79 Å². The highest BCUT2D eigenvalue weighted by atomic mass is 127. The molecule has 1 aromatic rings. The molecule has 0 atom stereocenters. The summed E-state index contributed by atoms with van der Waals surface area (Å²) in [5.74, 6) is 2.29. The summed E-state index contributed by atoms with van der Waals surface area (Å²) in [4.78, 5) is 17.9.